The third-order valence-corrected chi connectivity index (χ3v) is 1.31. The van der Waals surface area contributed by atoms with Gasteiger partial charge >= 0.3 is 5.97 Å². The lowest BCUT2D eigenvalue weighted by molar-refractivity contribution is -0.151. The Bertz CT molecular complexity index is 129. The van der Waals surface area contributed by atoms with Gasteiger partial charge in [0.2, 0.25) is 0 Å². The van der Waals surface area contributed by atoms with Crippen LogP contribution in [0.25, 0.3) is 0 Å². The van der Waals surface area contributed by atoms with Gasteiger partial charge in [0.05, 0.1) is 13.2 Å². The zero-order chi connectivity index (χ0) is 9.40. The molecule has 72 valence electrons. The van der Waals surface area contributed by atoms with Crippen LogP contribution in [0.5, 0.6) is 0 Å². The molecule has 1 atom stereocenters. The van der Waals surface area contributed by atoms with Crippen LogP contribution in [0.2, 0.25) is 0 Å². The fourth-order valence-electron chi connectivity index (χ4n) is 0.703. The lowest BCUT2D eigenvalue weighted by atomic mass is 10.2. The second-order valence-corrected chi connectivity index (χ2v) is 2.27. The smallest absolute Gasteiger partial charge is 0.332 e. The number of ether oxygens (including phenoxy) is 2. The Balaban J connectivity index is 3.56. The zero-order valence-corrected chi connectivity index (χ0v) is 7.16. The molecule has 0 fully saturated rings. The second-order valence-electron chi connectivity index (χ2n) is 2.27. The molecule has 0 aliphatic heterocycles. The second kappa shape index (κ2) is 7.02. The molecule has 0 radical (unpaired) electrons. The summed E-state index contributed by atoms with van der Waals surface area (Å²) < 4.78 is 9.68. The van der Waals surface area contributed by atoms with Gasteiger partial charge in [-0.2, -0.15) is 0 Å². The Hall–Kier alpha value is -0.650. The van der Waals surface area contributed by atoms with Gasteiger partial charge in [-0.05, 0) is 13.0 Å². The molecule has 3 N–H and O–H groups in total. The maximum atomic E-state index is 10.5. The van der Waals surface area contributed by atoms with Crippen molar-refractivity contribution in [2.75, 3.05) is 26.9 Å². The first-order valence-electron chi connectivity index (χ1n) is 3.75. The molecule has 0 aromatic carbocycles. The summed E-state index contributed by atoms with van der Waals surface area (Å²) in [5.74, 6) is -0.975. The highest BCUT2D eigenvalue weighted by Gasteiger charge is 2.15. The maximum Gasteiger partial charge on any atom is 0.332 e. The number of methoxy groups -OCH3 is 1. The van der Waals surface area contributed by atoms with Gasteiger partial charge in [0.25, 0.3) is 0 Å². The number of hydrogen-bond donors (Lipinski definition) is 2. The van der Waals surface area contributed by atoms with Crippen molar-refractivity contribution in [1.29, 1.82) is 0 Å². The number of hydrogen-bond acceptors (Lipinski definition) is 4. The molecular weight excluding hydrogens is 162 g/mol. The van der Waals surface area contributed by atoms with E-state index in [9.17, 15) is 4.79 Å². The molecule has 1 unspecified atom stereocenters. The van der Waals surface area contributed by atoms with Crippen LogP contribution >= 0.6 is 0 Å². The molecule has 0 heterocycles. The number of rotatable bonds is 7. The SMILES string of the molecule is COCCOC(CCN)C(=O)O. The van der Waals surface area contributed by atoms with E-state index in [4.69, 9.17) is 20.3 Å². The van der Waals surface area contributed by atoms with E-state index in [1.54, 1.807) is 0 Å². The highest BCUT2D eigenvalue weighted by molar-refractivity contribution is 5.72. The Morgan fingerprint density at radius 3 is 2.67 bits per heavy atom. The largest absolute Gasteiger partial charge is 0.479 e. The fraction of sp³-hybridized carbons (Fsp3) is 0.857. The van der Waals surface area contributed by atoms with Crippen molar-refractivity contribution in [2.24, 2.45) is 5.73 Å². The molecular formula is C7H15NO4. The maximum absolute atomic E-state index is 10.5. The summed E-state index contributed by atoms with van der Waals surface area (Å²) in [4.78, 5) is 10.5. The first-order chi connectivity index (χ1) is 5.72. The van der Waals surface area contributed by atoms with Gasteiger partial charge in [-0.1, -0.05) is 0 Å². The summed E-state index contributed by atoms with van der Waals surface area (Å²) in [6, 6.07) is 0. The predicted octanol–water partition coefficient (Wildman–Crippen LogP) is -0.549. The van der Waals surface area contributed by atoms with Gasteiger partial charge in [0, 0.05) is 7.11 Å². The van der Waals surface area contributed by atoms with Crippen molar-refractivity contribution in [3.8, 4) is 0 Å². The average Bonchev–Trinajstić information content (AvgIpc) is 2.03. The van der Waals surface area contributed by atoms with Crippen LogP contribution in [-0.4, -0.2) is 44.0 Å². The minimum Gasteiger partial charge on any atom is -0.479 e. The van der Waals surface area contributed by atoms with Gasteiger partial charge in [0.1, 0.15) is 0 Å². The van der Waals surface area contributed by atoms with Gasteiger partial charge in [-0.25, -0.2) is 4.79 Å². The standard InChI is InChI=1S/C7H15NO4/c1-11-4-5-12-6(2-3-8)7(9)10/h6H,2-5,8H2,1H3,(H,9,10). The van der Waals surface area contributed by atoms with Crippen LogP contribution in [0, 0.1) is 0 Å². The Labute approximate surface area is 71.5 Å². The predicted molar refractivity (Wildman–Crippen MR) is 42.9 cm³/mol. The number of aliphatic carboxylic acids is 1. The molecule has 0 aromatic rings. The molecule has 0 amide bonds. The summed E-state index contributed by atoms with van der Waals surface area (Å²) in [7, 11) is 1.53. The van der Waals surface area contributed by atoms with Gasteiger partial charge in [-0.15, -0.1) is 0 Å². The van der Waals surface area contributed by atoms with Crippen molar-refractivity contribution in [3.05, 3.63) is 0 Å². The first kappa shape index (κ1) is 11.4. The molecule has 0 saturated heterocycles. The van der Waals surface area contributed by atoms with Crippen molar-refractivity contribution < 1.29 is 19.4 Å². The minimum atomic E-state index is -0.975. The Morgan fingerprint density at radius 1 is 1.58 bits per heavy atom. The molecule has 0 saturated carbocycles. The molecule has 0 spiro atoms. The third-order valence-electron chi connectivity index (χ3n) is 1.31. The van der Waals surface area contributed by atoms with Crippen LogP contribution in [0.1, 0.15) is 6.42 Å². The lowest BCUT2D eigenvalue weighted by Gasteiger charge is -2.11. The number of carbonyl (C=O) groups is 1. The number of nitrogens with two attached hydrogens (primary N) is 1. The Kier molecular flexibility index (Phi) is 6.64. The minimum absolute atomic E-state index is 0.285. The van der Waals surface area contributed by atoms with Gasteiger partial charge in [-0.3, -0.25) is 0 Å². The van der Waals surface area contributed by atoms with Crippen LogP contribution in [0.4, 0.5) is 0 Å². The van der Waals surface area contributed by atoms with E-state index < -0.39 is 12.1 Å². The lowest BCUT2D eigenvalue weighted by Crippen LogP contribution is -2.28. The zero-order valence-electron chi connectivity index (χ0n) is 7.16. The molecule has 0 aliphatic rings. The van der Waals surface area contributed by atoms with E-state index in [1.807, 2.05) is 0 Å². The van der Waals surface area contributed by atoms with E-state index in [0.29, 0.717) is 19.6 Å². The highest BCUT2D eigenvalue weighted by atomic mass is 16.5. The van der Waals surface area contributed by atoms with Crippen molar-refractivity contribution >= 4 is 5.97 Å². The van der Waals surface area contributed by atoms with E-state index in [0.717, 1.165) is 0 Å². The first-order valence-corrected chi connectivity index (χ1v) is 3.75. The van der Waals surface area contributed by atoms with Crippen molar-refractivity contribution in [2.45, 2.75) is 12.5 Å². The topological polar surface area (TPSA) is 81.8 Å². The quantitative estimate of drug-likeness (QED) is 0.510. The van der Waals surface area contributed by atoms with Crippen molar-refractivity contribution in [1.82, 2.24) is 0 Å². The number of carboxylic acids is 1. The normalized spacial score (nSPS) is 12.8. The molecule has 0 bridgehead atoms. The van der Waals surface area contributed by atoms with Crippen LogP contribution in [-0.2, 0) is 14.3 Å². The molecule has 5 nitrogen and oxygen atoms in total. The summed E-state index contributed by atoms with van der Waals surface area (Å²) in [5, 5.41) is 8.58. The molecule has 0 aliphatic carbocycles. The summed E-state index contributed by atoms with van der Waals surface area (Å²) in [6.45, 7) is 0.992. The van der Waals surface area contributed by atoms with E-state index >= 15 is 0 Å². The number of carboxylic acid groups (broad SMARTS) is 1. The molecule has 12 heavy (non-hydrogen) atoms. The summed E-state index contributed by atoms with van der Waals surface area (Å²) in [5.41, 5.74) is 5.20. The molecule has 5 heteroatoms. The van der Waals surface area contributed by atoms with Crippen LogP contribution in [0.3, 0.4) is 0 Å². The van der Waals surface area contributed by atoms with Crippen LogP contribution < -0.4 is 5.73 Å². The van der Waals surface area contributed by atoms with E-state index in [2.05, 4.69) is 0 Å². The summed E-state index contributed by atoms with van der Waals surface area (Å²) >= 11 is 0. The van der Waals surface area contributed by atoms with Crippen LogP contribution in [0.15, 0.2) is 0 Å². The highest BCUT2D eigenvalue weighted by Crippen LogP contribution is 1.96. The van der Waals surface area contributed by atoms with Gasteiger partial charge in [0.15, 0.2) is 6.10 Å². The molecule has 0 rings (SSSR count). The van der Waals surface area contributed by atoms with Crippen molar-refractivity contribution in [3.63, 3.8) is 0 Å². The third kappa shape index (κ3) is 5.06. The van der Waals surface area contributed by atoms with Gasteiger partial charge < -0.3 is 20.3 Å². The monoisotopic (exact) mass is 177 g/mol. The Morgan fingerprint density at radius 2 is 2.25 bits per heavy atom. The molecule has 0 aromatic heterocycles. The average molecular weight is 177 g/mol. The van der Waals surface area contributed by atoms with E-state index in [1.165, 1.54) is 7.11 Å². The summed E-state index contributed by atoms with van der Waals surface area (Å²) in [6.07, 6.45) is -0.468. The van der Waals surface area contributed by atoms with E-state index in [-0.39, 0.29) is 6.61 Å². The fourth-order valence-corrected chi connectivity index (χ4v) is 0.703.